The summed E-state index contributed by atoms with van der Waals surface area (Å²) in [7, 11) is 0. The quantitative estimate of drug-likeness (QED) is 0.194. The van der Waals surface area contributed by atoms with Crippen LogP contribution in [0.5, 0.6) is 5.75 Å². The predicted octanol–water partition coefficient (Wildman–Crippen LogP) is 4.97. The Hall–Kier alpha value is -3.92. The minimum absolute atomic E-state index is 0. The summed E-state index contributed by atoms with van der Waals surface area (Å²) in [6, 6.07) is 15.9. The van der Waals surface area contributed by atoms with Crippen LogP contribution in [-0.2, 0) is 11.2 Å². The van der Waals surface area contributed by atoms with Crippen LogP contribution in [0.1, 0.15) is 62.7 Å². The topological polar surface area (TPSA) is 125 Å². The maximum Gasteiger partial charge on any atom is 0.251 e. The lowest BCUT2D eigenvalue weighted by Gasteiger charge is -2.21. The molecule has 9 nitrogen and oxygen atoms in total. The molecule has 0 saturated heterocycles. The lowest BCUT2D eigenvalue weighted by molar-refractivity contribution is -0.128. The second-order valence-corrected chi connectivity index (χ2v) is 10.7. The van der Waals surface area contributed by atoms with Gasteiger partial charge in [-0.1, -0.05) is 49.4 Å². The van der Waals surface area contributed by atoms with Crippen molar-refractivity contribution in [1.82, 2.24) is 20.0 Å². The summed E-state index contributed by atoms with van der Waals surface area (Å²) in [6.07, 6.45) is 2.35. The SMILES string of the molecule is C.CC(C)Oc1ccc(C(=O)N[C@H](CNC(=O)[C@H](C)O)Cc2ccc(-c3cn4cccc(C(C)O)c4n3)cc2)cc1Cl. The van der Waals surface area contributed by atoms with E-state index in [0.717, 1.165) is 22.4 Å². The van der Waals surface area contributed by atoms with E-state index in [-0.39, 0.29) is 26.0 Å². The third-order valence-electron chi connectivity index (χ3n) is 6.49. The number of pyridine rings is 1. The first-order chi connectivity index (χ1) is 19.5. The number of amides is 2. The van der Waals surface area contributed by atoms with Gasteiger partial charge in [-0.05, 0) is 63.9 Å². The summed E-state index contributed by atoms with van der Waals surface area (Å²) >= 11 is 6.33. The molecule has 4 N–H and O–H groups in total. The van der Waals surface area contributed by atoms with Gasteiger partial charge in [0.1, 0.15) is 17.5 Å². The van der Waals surface area contributed by atoms with Crippen molar-refractivity contribution in [3.8, 4) is 17.0 Å². The zero-order valence-corrected chi connectivity index (χ0v) is 24.2. The monoisotopic (exact) mass is 594 g/mol. The molecule has 2 aromatic carbocycles. The summed E-state index contributed by atoms with van der Waals surface area (Å²) < 4.78 is 7.53. The van der Waals surface area contributed by atoms with Crippen LogP contribution in [0.4, 0.5) is 0 Å². The number of halogens is 1. The minimum Gasteiger partial charge on any atom is -0.489 e. The highest BCUT2D eigenvalue weighted by Crippen LogP contribution is 2.27. The van der Waals surface area contributed by atoms with E-state index in [9.17, 15) is 19.8 Å². The Morgan fingerprint density at radius 3 is 2.38 bits per heavy atom. The molecule has 3 atom stereocenters. The van der Waals surface area contributed by atoms with Gasteiger partial charge in [-0.3, -0.25) is 9.59 Å². The summed E-state index contributed by atoms with van der Waals surface area (Å²) in [5.41, 5.74) is 4.39. The van der Waals surface area contributed by atoms with Crippen LogP contribution in [0.2, 0.25) is 5.02 Å². The molecule has 10 heteroatoms. The summed E-state index contributed by atoms with van der Waals surface area (Å²) in [5, 5.41) is 25.7. The lowest BCUT2D eigenvalue weighted by Crippen LogP contribution is -2.46. The third kappa shape index (κ3) is 8.09. The Labute approximate surface area is 251 Å². The standard InChI is InChI=1S/C31H35ClN4O5.CH4/c1-18(2)41-28-12-11-23(15-26(28)32)31(40)34-24(16-33-30(39)20(4)38)14-21-7-9-22(10-8-21)27-17-36-13-5-6-25(19(3)37)29(36)35-27;/h5-13,15,17-20,24,37-38H,14,16H2,1-4H3,(H,33,39)(H,34,40);1H4/t19?,20-,24-;/m0./s1. The van der Waals surface area contributed by atoms with Crippen molar-refractivity contribution in [2.75, 3.05) is 6.54 Å². The highest BCUT2D eigenvalue weighted by Gasteiger charge is 2.19. The highest BCUT2D eigenvalue weighted by molar-refractivity contribution is 6.32. The van der Waals surface area contributed by atoms with Gasteiger partial charge in [0.05, 0.1) is 29.0 Å². The van der Waals surface area contributed by atoms with Gasteiger partial charge in [-0.2, -0.15) is 0 Å². The minimum atomic E-state index is -1.17. The predicted molar refractivity (Wildman–Crippen MR) is 165 cm³/mol. The van der Waals surface area contributed by atoms with Crippen LogP contribution in [0, 0.1) is 0 Å². The molecule has 0 bridgehead atoms. The number of benzene rings is 2. The number of fused-ring (bicyclic) bond motifs is 1. The smallest absolute Gasteiger partial charge is 0.251 e. The number of hydrogen-bond acceptors (Lipinski definition) is 6. The zero-order chi connectivity index (χ0) is 29.7. The summed E-state index contributed by atoms with van der Waals surface area (Å²) in [5.74, 6) is -0.387. The first-order valence-corrected chi connectivity index (χ1v) is 13.9. The molecule has 0 aliphatic rings. The van der Waals surface area contributed by atoms with E-state index in [4.69, 9.17) is 21.3 Å². The van der Waals surface area contributed by atoms with Crippen LogP contribution in [-0.4, -0.2) is 56.2 Å². The molecule has 2 heterocycles. The van der Waals surface area contributed by atoms with Crippen molar-refractivity contribution in [2.45, 2.75) is 65.9 Å². The number of rotatable bonds is 11. The average Bonchev–Trinajstić information content (AvgIpc) is 3.37. The average molecular weight is 595 g/mol. The van der Waals surface area contributed by atoms with Crippen LogP contribution in [0.3, 0.4) is 0 Å². The normalized spacial score (nSPS) is 13.2. The van der Waals surface area contributed by atoms with E-state index >= 15 is 0 Å². The zero-order valence-electron chi connectivity index (χ0n) is 23.5. The second kappa shape index (κ2) is 14.3. The Balaban J connectivity index is 0.00000484. The number of imidazole rings is 1. The van der Waals surface area contributed by atoms with Crippen LogP contribution in [0.15, 0.2) is 67.0 Å². The van der Waals surface area contributed by atoms with E-state index in [1.54, 1.807) is 25.1 Å². The van der Waals surface area contributed by atoms with Gasteiger partial charge in [0, 0.05) is 35.6 Å². The second-order valence-electron chi connectivity index (χ2n) is 10.3. The molecule has 224 valence electrons. The maximum atomic E-state index is 13.1. The number of ether oxygens (including phenoxy) is 1. The van der Waals surface area contributed by atoms with Crippen molar-refractivity contribution in [2.24, 2.45) is 0 Å². The molecule has 2 aromatic heterocycles. The largest absolute Gasteiger partial charge is 0.489 e. The van der Waals surface area contributed by atoms with Gasteiger partial charge < -0.3 is 30.0 Å². The molecule has 0 radical (unpaired) electrons. The first kappa shape index (κ1) is 32.6. The molecule has 4 aromatic rings. The Bertz CT molecular complexity index is 1520. The lowest BCUT2D eigenvalue weighted by atomic mass is 10.0. The fraction of sp³-hybridized carbons (Fsp3) is 0.344. The van der Waals surface area contributed by atoms with Crippen molar-refractivity contribution in [1.29, 1.82) is 0 Å². The summed E-state index contributed by atoms with van der Waals surface area (Å²) in [6.45, 7) is 6.99. The van der Waals surface area contributed by atoms with E-state index in [0.29, 0.717) is 28.4 Å². The first-order valence-electron chi connectivity index (χ1n) is 13.5. The van der Waals surface area contributed by atoms with Crippen molar-refractivity contribution >= 4 is 29.1 Å². The number of carbonyl (C=O) groups excluding carboxylic acids is 2. The van der Waals surface area contributed by atoms with E-state index in [1.807, 2.05) is 67.0 Å². The molecule has 1 unspecified atom stereocenters. The molecule has 2 amide bonds. The molecule has 0 fully saturated rings. The molecule has 4 rings (SSSR count). The van der Waals surface area contributed by atoms with Crippen LogP contribution in [0.25, 0.3) is 16.9 Å². The van der Waals surface area contributed by atoms with Gasteiger partial charge in [0.15, 0.2) is 0 Å². The Kier molecular flexibility index (Phi) is 11.1. The van der Waals surface area contributed by atoms with Crippen LogP contribution >= 0.6 is 11.6 Å². The Morgan fingerprint density at radius 1 is 1.05 bits per heavy atom. The molecule has 0 aliphatic heterocycles. The van der Waals surface area contributed by atoms with Gasteiger partial charge in [-0.25, -0.2) is 4.98 Å². The molecule has 0 spiro atoms. The Morgan fingerprint density at radius 2 is 1.76 bits per heavy atom. The molecule has 42 heavy (non-hydrogen) atoms. The number of hydrogen-bond donors (Lipinski definition) is 4. The van der Waals surface area contributed by atoms with Gasteiger partial charge in [0.25, 0.3) is 5.91 Å². The highest BCUT2D eigenvalue weighted by atomic mass is 35.5. The molecule has 0 saturated carbocycles. The van der Waals surface area contributed by atoms with Gasteiger partial charge >= 0.3 is 0 Å². The van der Waals surface area contributed by atoms with E-state index < -0.39 is 24.2 Å². The number of aromatic nitrogens is 2. The van der Waals surface area contributed by atoms with Gasteiger partial charge in [-0.15, -0.1) is 0 Å². The van der Waals surface area contributed by atoms with Crippen LogP contribution < -0.4 is 15.4 Å². The fourth-order valence-corrected chi connectivity index (χ4v) is 4.63. The van der Waals surface area contributed by atoms with Crippen molar-refractivity contribution in [3.63, 3.8) is 0 Å². The van der Waals surface area contributed by atoms with E-state index in [1.165, 1.54) is 6.92 Å². The molecule has 0 aliphatic carbocycles. The number of nitrogens with one attached hydrogen (secondary N) is 2. The maximum absolute atomic E-state index is 13.1. The molecular formula is C32H39ClN4O5. The van der Waals surface area contributed by atoms with Crippen molar-refractivity contribution < 1.29 is 24.5 Å². The number of aliphatic hydroxyl groups excluding tert-OH is 2. The van der Waals surface area contributed by atoms with E-state index in [2.05, 4.69) is 10.6 Å². The number of nitrogens with zero attached hydrogens (tertiary/aromatic N) is 2. The van der Waals surface area contributed by atoms with Gasteiger partial charge in [0.2, 0.25) is 5.91 Å². The number of carbonyl (C=O) groups is 2. The number of aliphatic hydroxyl groups is 2. The molecular weight excluding hydrogens is 556 g/mol. The summed E-state index contributed by atoms with van der Waals surface area (Å²) in [4.78, 5) is 29.9. The van der Waals surface area contributed by atoms with Crippen molar-refractivity contribution in [3.05, 3.63) is 88.7 Å². The fourth-order valence-electron chi connectivity index (χ4n) is 4.40. The third-order valence-corrected chi connectivity index (χ3v) is 6.78.